The van der Waals surface area contributed by atoms with E-state index >= 15 is 0 Å². The average Bonchev–Trinajstić information content (AvgIpc) is 3.60. The Balaban J connectivity index is 1.19. The third-order valence-corrected chi connectivity index (χ3v) is 16.2. The molecule has 4 nitrogen and oxygen atoms in total. The summed E-state index contributed by atoms with van der Waals surface area (Å²) in [6.45, 7) is 11.9. The molecule has 5 aliphatic rings. The lowest BCUT2D eigenvalue weighted by Gasteiger charge is -2.48. The molecule has 0 N–H and O–H groups in total. The molecule has 0 amide bonds. The van der Waals surface area contributed by atoms with Crippen LogP contribution in [0.4, 0.5) is 28.4 Å². The Bertz CT molecular complexity index is 3160. The van der Waals surface area contributed by atoms with Gasteiger partial charge in [-0.05, 0) is 119 Å². The minimum absolute atomic E-state index is 0.0531. The van der Waals surface area contributed by atoms with Crippen molar-refractivity contribution in [2.45, 2.75) is 77.9 Å². The van der Waals surface area contributed by atoms with E-state index in [4.69, 9.17) is 9.15 Å². The van der Waals surface area contributed by atoms with Gasteiger partial charge >= 0.3 is 6.85 Å². The second-order valence-electron chi connectivity index (χ2n) is 17.9. The minimum atomic E-state index is -0.144. The van der Waals surface area contributed by atoms with Crippen LogP contribution >= 0.6 is 23.5 Å². The van der Waals surface area contributed by atoms with Crippen LogP contribution in [-0.4, -0.2) is 6.85 Å². The molecule has 0 saturated carbocycles. The number of benzene rings is 7. The van der Waals surface area contributed by atoms with E-state index in [2.05, 4.69) is 166 Å². The van der Waals surface area contributed by atoms with E-state index in [1.165, 1.54) is 70.7 Å². The molecule has 0 bridgehead atoms. The van der Waals surface area contributed by atoms with Crippen molar-refractivity contribution in [2.24, 2.45) is 0 Å². The van der Waals surface area contributed by atoms with Gasteiger partial charge in [-0.3, -0.25) is 0 Å². The monoisotopic (exact) mass is 786 g/mol. The molecular weight excluding hydrogens is 748 g/mol. The molecule has 1 aromatic heterocycles. The average molecular weight is 787 g/mol. The number of rotatable bonds is 1. The van der Waals surface area contributed by atoms with Crippen molar-refractivity contribution in [1.29, 1.82) is 0 Å². The van der Waals surface area contributed by atoms with Gasteiger partial charge in [0.2, 0.25) is 0 Å². The molecule has 8 aromatic rings. The molecule has 5 heterocycles. The molecule has 0 saturated heterocycles. The van der Waals surface area contributed by atoms with E-state index in [9.17, 15) is 0 Å². The van der Waals surface area contributed by atoms with Crippen LogP contribution in [0.25, 0.3) is 33.1 Å². The number of furan rings is 1. The molecular formula is C51H39BN2O2S2. The van der Waals surface area contributed by atoms with E-state index in [0.29, 0.717) is 0 Å². The van der Waals surface area contributed by atoms with Gasteiger partial charge in [-0.15, -0.1) is 0 Å². The molecule has 280 valence electrons. The van der Waals surface area contributed by atoms with E-state index in [1.54, 1.807) is 0 Å². The molecule has 13 rings (SSSR count). The van der Waals surface area contributed by atoms with Gasteiger partial charge in [0, 0.05) is 58.5 Å². The summed E-state index contributed by atoms with van der Waals surface area (Å²) in [6.07, 6.45) is 2.34. The largest absolute Gasteiger partial charge is 0.455 e. The summed E-state index contributed by atoms with van der Waals surface area (Å²) in [5, 5.41) is 2.26. The number of ether oxygens (including phenoxy) is 1. The maximum absolute atomic E-state index is 7.00. The normalized spacial score (nSPS) is 17.1. The molecule has 0 fully saturated rings. The first-order chi connectivity index (χ1) is 28.1. The highest BCUT2D eigenvalue weighted by Crippen LogP contribution is 2.59. The Morgan fingerprint density at radius 2 is 1.29 bits per heavy atom. The summed E-state index contributed by atoms with van der Waals surface area (Å²) in [7, 11) is 0. The molecule has 7 aromatic carbocycles. The third-order valence-electron chi connectivity index (χ3n) is 13.6. The van der Waals surface area contributed by atoms with Gasteiger partial charge in [0.25, 0.3) is 0 Å². The Hall–Kier alpha value is -5.50. The van der Waals surface area contributed by atoms with E-state index in [0.717, 1.165) is 62.4 Å². The highest BCUT2D eigenvalue weighted by Gasteiger charge is 2.50. The smallest absolute Gasteiger partial charge is 0.333 e. The van der Waals surface area contributed by atoms with Crippen molar-refractivity contribution in [2.75, 3.05) is 9.71 Å². The van der Waals surface area contributed by atoms with Crippen LogP contribution in [0.15, 0.2) is 145 Å². The number of para-hydroxylation sites is 4. The van der Waals surface area contributed by atoms with Gasteiger partial charge in [0.05, 0.1) is 11.4 Å². The van der Waals surface area contributed by atoms with Gasteiger partial charge in [0.15, 0.2) is 5.75 Å². The van der Waals surface area contributed by atoms with Crippen molar-refractivity contribution in [3.05, 3.63) is 138 Å². The molecule has 1 aliphatic carbocycles. The minimum Gasteiger partial charge on any atom is -0.455 e. The van der Waals surface area contributed by atoms with Crippen LogP contribution in [0.3, 0.4) is 0 Å². The zero-order chi connectivity index (χ0) is 38.8. The van der Waals surface area contributed by atoms with E-state index < -0.39 is 0 Å². The molecule has 0 atom stereocenters. The zero-order valence-corrected chi connectivity index (χ0v) is 34.7. The predicted molar refractivity (Wildman–Crippen MR) is 242 cm³/mol. The summed E-state index contributed by atoms with van der Waals surface area (Å²) in [5.74, 6) is 1.74. The van der Waals surface area contributed by atoms with Crippen molar-refractivity contribution < 1.29 is 9.15 Å². The van der Waals surface area contributed by atoms with Gasteiger partial charge < -0.3 is 18.9 Å². The van der Waals surface area contributed by atoms with Crippen LogP contribution in [0, 0.1) is 6.92 Å². The number of anilines is 5. The lowest BCUT2D eigenvalue weighted by Crippen LogP contribution is -2.62. The Kier molecular flexibility index (Phi) is 6.56. The van der Waals surface area contributed by atoms with Crippen molar-refractivity contribution in [3.8, 4) is 22.6 Å². The number of nitrogens with zero attached hydrogens (tertiary/aromatic N) is 2. The van der Waals surface area contributed by atoms with Gasteiger partial charge in [-0.1, -0.05) is 112 Å². The third kappa shape index (κ3) is 4.36. The second-order valence-corrected chi connectivity index (χ2v) is 20.1. The van der Waals surface area contributed by atoms with E-state index in [1.807, 2.05) is 23.5 Å². The Labute approximate surface area is 347 Å². The van der Waals surface area contributed by atoms with Crippen LogP contribution in [0.2, 0.25) is 0 Å². The van der Waals surface area contributed by atoms with Crippen LogP contribution < -0.4 is 25.4 Å². The molecule has 58 heavy (non-hydrogen) atoms. The van der Waals surface area contributed by atoms with Crippen LogP contribution in [0.5, 0.6) is 11.5 Å². The van der Waals surface area contributed by atoms with Gasteiger partial charge in [-0.25, -0.2) is 0 Å². The van der Waals surface area contributed by atoms with E-state index in [-0.39, 0.29) is 17.7 Å². The molecule has 0 unspecified atom stereocenters. The summed E-state index contributed by atoms with van der Waals surface area (Å²) in [5.41, 5.74) is 16.9. The first-order valence-electron chi connectivity index (χ1n) is 20.4. The Morgan fingerprint density at radius 3 is 2.10 bits per heavy atom. The Morgan fingerprint density at radius 1 is 0.603 bits per heavy atom. The fourth-order valence-corrected chi connectivity index (χ4v) is 12.9. The highest BCUT2D eigenvalue weighted by molar-refractivity contribution is 8.05. The van der Waals surface area contributed by atoms with Gasteiger partial charge in [0.1, 0.15) is 16.9 Å². The van der Waals surface area contributed by atoms with Crippen LogP contribution in [0.1, 0.15) is 57.2 Å². The topological polar surface area (TPSA) is 28.9 Å². The maximum Gasteiger partial charge on any atom is 0.333 e. The number of aryl methyl sites for hydroxylation is 1. The number of hydrogen-bond donors (Lipinski definition) is 0. The SMILES string of the molecule is Cc1cc2c(cc1N1c3cc4c(cc3B3c5c1cc1c(oc6ccccc61)c5-c1cccc5c1N3c1ccccc1O5)Sc1ccccc1S4)C(C)(C)CCC2(C)C. The molecule has 4 aliphatic heterocycles. The number of fused-ring (bicyclic) bond motifs is 13. The lowest BCUT2D eigenvalue weighted by molar-refractivity contribution is 0.332. The quantitative estimate of drug-likeness (QED) is 0.154. The maximum atomic E-state index is 7.00. The summed E-state index contributed by atoms with van der Waals surface area (Å²) in [4.78, 5) is 10.4. The molecule has 0 radical (unpaired) electrons. The number of hydrogen-bond acceptors (Lipinski definition) is 6. The zero-order valence-electron chi connectivity index (χ0n) is 33.1. The first-order valence-corrected chi connectivity index (χ1v) is 22.0. The molecule has 7 heteroatoms. The fourth-order valence-electron chi connectivity index (χ4n) is 10.7. The summed E-state index contributed by atoms with van der Waals surface area (Å²) >= 11 is 3.78. The van der Waals surface area contributed by atoms with Crippen LogP contribution in [-0.2, 0) is 10.8 Å². The standard InChI is InChI=1S/C51H39BN2O2S2/c1-28-23-32-33(51(4,5)22-21-50(32,2)3)25-36(28)53-37-27-45-44(57-42-19-10-11-20-43(42)58-45)26-34(37)52-47-38(53)24-31-29-13-6-8-16-39(29)56-49(31)46(47)30-14-12-18-41-48(30)54(52)35-15-7-9-17-40(35)55-41/h6-20,23-27H,21-22H2,1-5H3. The summed E-state index contributed by atoms with van der Waals surface area (Å²) < 4.78 is 13.8. The van der Waals surface area contributed by atoms with Crippen molar-refractivity contribution >= 4 is 91.7 Å². The van der Waals surface area contributed by atoms with Gasteiger partial charge in [-0.2, -0.15) is 0 Å². The fraction of sp³-hybridized carbons (Fsp3) is 0.176. The first kappa shape index (κ1) is 33.5. The van der Waals surface area contributed by atoms with Crippen molar-refractivity contribution in [3.63, 3.8) is 0 Å². The summed E-state index contributed by atoms with van der Waals surface area (Å²) in [6, 6.07) is 45.0. The van der Waals surface area contributed by atoms with Crippen molar-refractivity contribution in [1.82, 2.24) is 0 Å². The lowest BCUT2D eigenvalue weighted by atomic mass is 9.43. The second kappa shape index (κ2) is 11.4. The molecule has 0 spiro atoms. The predicted octanol–water partition coefficient (Wildman–Crippen LogP) is 13.7. The highest BCUT2D eigenvalue weighted by atomic mass is 32.2.